The van der Waals surface area contributed by atoms with Crippen molar-refractivity contribution in [3.05, 3.63) is 53.6 Å². The zero-order valence-corrected chi connectivity index (χ0v) is 14.7. The standard InChI is InChI=1S/C20H22N2O3/c1-13-7-6-8-16(14(13)2)21-20(24)15-11-19(23)22(12-15)17-9-4-5-10-18(17)25-3/h4-10,15H,11-12H2,1-3H3,(H,21,24). The van der Waals surface area contributed by atoms with E-state index in [1.165, 1.54) is 0 Å². The molecule has 5 nitrogen and oxygen atoms in total. The molecule has 0 aromatic heterocycles. The molecule has 1 N–H and O–H groups in total. The maximum atomic E-state index is 12.6. The molecule has 0 radical (unpaired) electrons. The van der Waals surface area contributed by atoms with Crippen molar-refractivity contribution in [2.75, 3.05) is 23.9 Å². The number of amides is 2. The lowest BCUT2D eigenvalue weighted by Crippen LogP contribution is -2.28. The number of methoxy groups -OCH3 is 1. The Morgan fingerprint density at radius 2 is 1.92 bits per heavy atom. The first kappa shape index (κ1) is 17.0. The van der Waals surface area contributed by atoms with E-state index in [1.54, 1.807) is 12.0 Å². The fraction of sp³-hybridized carbons (Fsp3) is 0.300. The van der Waals surface area contributed by atoms with Crippen molar-refractivity contribution < 1.29 is 14.3 Å². The molecule has 0 saturated carbocycles. The minimum atomic E-state index is -0.377. The van der Waals surface area contributed by atoms with Crippen LogP contribution in [0.5, 0.6) is 5.75 Å². The summed E-state index contributed by atoms with van der Waals surface area (Å²) < 4.78 is 5.33. The van der Waals surface area contributed by atoms with Crippen LogP contribution in [0.4, 0.5) is 11.4 Å². The Bertz CT molecular complexity index is 816. The van der Waals surface area contributed by atoms with Gasteiger partial charge in [-0.1, -0.05) is 24.3 Å². The maximum absolute atomic E-state index is 12.6. The molecule has 1 atom stereocenters. The lowest BCUT2D eigenvalue weighted by Gasteiger charge is -2.19. The van der Waals surface area contributed by atoms with Crippen LogP contribution in [0.3, 0.4) is 0 Å². The average Bonchev–Trinajstić information content (AvgIpc) is 3.00. The van der Waals surface area contributed by atoms with E-state index in [-0.39, 0.29) is 24.2 Å². The highest BCUT2D eigenvalue weighted by atomic mass is 16.5. The topological polar surface area (TPSA) is 58.6 Å². The number of carbonyl (C=O) groups is 2. The van der Waals surface area contributed by atoms with E-state index in [0.29, 0.717) is 18.0 Å². The van der Waals surface area contributed by atoms with Crippen molar-refractivity contribution >= 4 is 23.2 Å². The normalized spacial score (nSPS) is 16.8. The molecule has 1 heterocycles. The first-order valence-electron chi connectivity index (χ1n) is 8.31. The van der Waals surface area contributed by atoms with Crippen molar-refractivity contribution in [2.45, 2.75) is 20.3 Å². The van der Waals surface area contributed by atoms with Gasteiger partial charge in [-0.3, -0.25) is 9.59 Å². The summed E-state index contributed by atoms with van der Waals surface area (Å²) >= 11 is 0. The summed E-state index contributed by atoms with van der Waals surface area (Å²) in [5.41, 5.74) is 3.67. The van der Waals surface area contributed by atoms with Gasteiger partial charge in [0.25, 0.3) is 0 Å². The zero-order chi connectivity index (χ0) is 18.0. The summed E-state index contributed by atoms with van der Waals surface area (Å²) in [6, 6.07) is 13.2. The van der Waals surface area contributed by atoms with E-state index in [0.717, 1.165) is 16.8 Å². The van der Waals surface area contributed by atoms with Crippen LogP contribution in [-0.4, -0.2) is 25.5 Å². The number of rotatable bonds is 4. The van der Waals surface area contributed by atoms with Crippen molar-refractivity contribution in [1.29, 1.82) is 0 Å². The monoisotopic (exact) mass is 338 g/mol. The molecule has 0 bridgehead atoms. The molecule has 3 rings (SSSR count). The molecule has 1 unspecified atom stereocenters. The lowest BCUT2D eigenvalue weighted by atomic mass is 10.1. The largest absolute Gasteiger partial charge is 0.495 e. The highest BCUT2D eigenvalue weighted by molar-refractivity contribution is 6.04. The van der Waals surface area contributed by atoms with Gasteiger partial charge >= 0.3 is 0 Å². The predicted molar refractivity (Wildman–Crippen MR) is 98.0 cm³/mol. The van der Waals surface area contributed by atoms with E-state index in [1.807, 2.05) is 56.3 Å². The highest BCUT2D eigenvalue weighted by Gasteiger charge is 2.36. The van der Waals surface area contributed by atoms with Crippen LogP contribution in [0.1, 0.15) is 17.5 Å². The number of aryl methyl sites for hydroxylation is 1. The number of hydrogen-bond acceptors (Lipinski definition) is 3. The number of anilines is 2. The van der Waals surface area contributed by atoms with Gasteiger partial charge < -0.3 is 15.0 Å². The van der Waals surface area contributed by atoms with E-state index < -0.39 is 0 Å². The van der Waals surface area contributed by atoms with Gasteiger partial charge in [0.15, 0.2) is 0 Å². The summed E-state index contributed by atoms with van der Waals surface area (Å²) in [7, 11) is 1.57. The van der Waals surface area contributed by atoms with Crippen molar-refractivity contribution in [2.24, 2.45) is 5.92 Å². The summed E-state index contributed by atoms with van der Waals surface area (Å²) in [6.45, 7) is 4.34. The van der Waals surface area contributed by atoms with Gasteiger partial charge in [0.05, 0.1) is 18.7 Å². The Kier molecular flexibility index (Phi) is 4.74. The van der Waals surface area contributed by atoms with Gasteiger partial charge in [-0.25, -0.2) is 0 Å². The van der Waals surface area contributed by atoms with E-state index in [4.69, 9.17) is 4.74 Å². The molecule has 130 valence electrons. The second-order valence-electron chi connectivity index (χ2n) is 6.31. The van der Waals surface area contributed by atoms with Crippen LogP contribution < -0.4 is 15.0 Å². The van der Waals surface area contributed by atoms with E-state index in [9.17, 15) is 9.59 Å². The summed E-state index contributed by atoms with van der Waals surface area (Å²) in [4.78, 5) is 26.7. The van der Waals surface area contributed by atoms with Crippen LogP contribution in [0.15, 0.2) is 42.5 Å². The molecule has 1 aliphatic heterocycles. The zero-order valence-electron chi connectivity index (χ0n) is 14.7. The molecular formula is C20H22N2O3. The van der Waals surface area contributed by atoms with Crippen LogP contribution in [-0.2, 0) is 9.59 Å². The quantitative estimate of drug-likeness (QED) is 0.930. The predicted octanol–water partition coefficient (Wildman–Crippen LogP) is 3.30. The first-order chi connectivity index (χ1) is 12.0. The Balaban J connectivity index is 1.76. The number of carbonyl (C=O) groups excluding carboxylic acids is 2. The van der Waals surface area contributed by atoms with Gasteiger partial charge in [0.1, 0.15) is 5.75 Å². The molecule has 1 fully saturated rings. The third-order valence-electron chi connectivity index (χ3n) is 4.73. The number of para-hydroxylation sites is 2. The summed E-state index contributed by atoms with van der Waals surface area (Å²) in [5.74, 6) is 0.0637. The highest BCUT2D eigenvalue weighted by Crippen LogP contribution is 2.33. The molecule has 5 heteroatoms. The van der Waals surface area contributed by atoms with Crippen LogP contribution in [0, 0.1) is 19.8 Å². The molecule has 1 aliphatic rings. The minimum absolute atomic E-state index is 0.0642. The molecule has 2 aromatic carbocycles. The van der Waals surface area contributed by atoms with Gasteiger partial charge in [-0.15, -0.1) is 0 Å². The average molecular weight is 338 g/mol. The molecular weight excluding hydrogens is 316 g/mol. The molecule has 2 amide bonds. The van der Waals surface area contributed by atoms with Crippen molar-refractivity contribution in [3.63, 3.8) is 0 Å². The third-order valence-corrected chi connectivity index (χ3v) is 4.73. The summed E-state index contributed by atoms with van der Waals surface area (Å²) in [5, 5.41) is 2.97. The lowest BCUT2D eigenvalue weighted by molar-refractivity contribution is -0.122. The fourth-order valence-electron chi connectivity index (χ4n) is 3.09. The molecule has 0 aliphatic carbocycles. The van der Waals surface area contributed by atoms with Crippen molar-refractivity contribution in [1.82, 2.24) is 0 Å². The third kappa shape index (κ3) is 3.36. The smallest absolute Gasteiger partial charge is 0.229 e. The van der Waals surface area contributed by atoms with E-state index in [2.05, 4.69) is 5.32 Å². The molecule has 1 saturated heterocycles. The van der Waals surface area contributed by atoms with Crippen LogP contribution in [0.25, 0.3) is 0 Å². The minimum Gasteiger partial charge on any atom is -0.495 e. The number of nitrogens with one attached hydrogen (secondary N) is 1. The summed E-state index contributed by atoms with van der Waals surface area (Å²) in [6.07, 6.45) is 0.203. The number of benzene rings is 2. The number of nitrogens with zero attached hydrogens (tertiary/aromatic N) is 1. The Morgan fingerprint density at radius 3 is 2.68 bits per heavy atom. The van der Waals surface area contributed by atoms with Crippen molar-refractivity contribution in [3.8, 4) is 5.75 Å². The molecule has 2 aromatic rings. The van der Waals surface area contributed by atoms with Gasteiger partial charge in [0.2, 0.25) is 11.8 Å². The molecule has 25 heavy (non-hydrogen) atoms. The second kappa shape index (κ2) is 6.97. The van der Waals surface area contributed by atoms with Gasteiger partial charge in [0, 0.05) is 18.7 Å². The Hall–Kier alpha value is -2.82. The van der Waals surface area contributed by atoms with Crippen LogP contribution in [0.2, 0.25) is 0 Å². The Morgan fingerprint density at radius 1 is 1.16 bits per heavy atom. The number of ether oxygens (including phenoxy) is 1. The van der Waals surface area contributed by atoms with Gasteiger partial charge in [-0.05, 0) is 43.2 Å². The van der Waals surface area contributed by atoms with Gasteiger partial charge in [-0.2, -0.15) is 0 Å². The first-order valence-corrected chi connectivity index (χ1v) is 8.31. The SMILES string of the molecule is COc1ccccc1N1CC(C(=O)Nc2cccc(C)c2C)CC1=O. The van der Waals surface area contributed by atoms with Crippen LogP contribution >= 0.6 is 0 Å². The fourth-order valence-corrected chi connectivity index (χ4v) is 3.09. The Labute approximate surface area is 147 Å². The maximum Gasteiger partial charge on any atom is 0.229 e. The van der Waals surface area contributed by atoms with E-state index >= 15 is 0 Å². The molecule has 0 spiro atoms. The number of hydrogen-bond donors (Lipinski definition) is 1. The second-order valence-corrected chi connectivity index (χ2v) is 6.31.